The zero-order valence-corrected chi connectivity index (χ0v) is 12.4. The second kappa shape index (κ2) is 6.90. The molecule has 2 aromatic carbocycles. The van der Waals surface area contributed by atoms with Gasteiger partial charge in [-0.25, -0.2) is 4.39 Å². The molecule has 2 aromatic rings. The minimum Gasteiger partial charge on any atom is -0.493 e. The van der Waals surface area contributed by atoms with E-state index in [1.165, 1.54) is 12.1 Å². The van der Waals surface area contributed by atoms with Gasteiger partial charge in [0.25, 0.3) is 0 Å². The Balaban J connectivity index is 1.74. The van der Waals surface area contributed by atoms with Gasteiger partial charge in [-0.3, -0.25) is 0 Å². The smallest absolute Gasteiger partial charge is 0.126 e. The lowest BCUT2D eigenvalue weighted by Crippen LogP contribution is -2.20. The molecule has 0 aromatic heterocycles. The Morgan fingerprint density at radius 3 is 2.91 bits per heavy atom. The van der Waals surface area contributed by atoms with Gasteiger partial charge in [-0.2, -0.15) is 0 Å². The Kier molecular flexibility index (Phi) is 4.71. The summed E-state index contributed by atoms with van der Waals surface area (Å²) in [5, 5.41) is 12.7. The SMILES string of the molecule is OCc1cccc(CN[C@@H]2CCCOc3cc(F)ccc32)c1. The second-order valence-electron chi connectivity index (χ2n) is 5.58. The first kappa shape index (κ1) is 15.0. The first-order chi connectivity index (χ1) is 10.8. The zero-order chi connectivity index (χ0) is 15.4. The standard InChI is InChI=1S/C18H20FNO2/c19-15-6-7-16-17(5-2-8-22-18(16)10-15)20-11-13-3-1-4-14(9-13)12-21/h1,3-4,6-7,9-10,17,20-21H,2,5,8,11-12H2/t17-/m1/s1. The molecule has 1 aliphatic rings. The number of aliphatic hydroxyl groups is 1. The van der Waals surface area contributed by atoms with Crippen LogP contribution in [0.25, 0.3) is 0 Å². The van der Waals surface area contributed by atoms with Crippen LogP contribution in [0, 0.1) is 5.82 Å². The molecule has 0 spiro atoms. The molecule has 22 heavy (non-hydrogen) atoms. The number of ether oxygens (including phenoxy) is 1. The summed E-state index contributed by atoms with van der Waals surface area (Å²) in [4.78, 5) is 0. The van der Waals surface area contributed by atoms with Crippen LogP contribution in [0.2, 0.25) is 0 Å². The molecule has 0 bridgehead atoms. The van der Waals surface area contributed by atoms with Crippen molar-refractivity contribution in [3.8, 4) is 5.75 Å². The molecule has 0 amide bonds. The van der Waals surface area contributed by atoms with Gasteiger partial charge in [0, 0.05) is 24.2 Å². The summed E-state index contributed by atoms with van der Waals surface area (Å²) in [5.74, 6) is 0.370. The summed E-state index contributed by atoms with van der Waals surface area (Å²) in [5.41, 5.74) is 3.04. The first-order valence-electron chi connectivity index (χ1n) is 7.60. The van der Waals surface area contributed by atoms with Gasteiger partial charge < -0.3 is 15.2 Å². The van der Waals surface area contributed by atoms with Crippen LogP contribution in [0.3, 0.4) is 0 Å². The molecule has 116 valence electrons. The number of rotatable bonds is 4. The average Bonchev–Trinajstić information content (AvgIpc) is 2.74. The highest BCUT2D eigenvalue weighted by Gasteiger charge is 2.19. The van der Waals surface area contributed by atoms with Crippen LogP contribution in [0.15, 0.2) is 42.5 Å². The van der Waals surface area contributed by atoms with E-state index in [1.54, 1.807) is 6.07 Å². The number of aliphatic hydroxyl groups excluding tert-OH is 1. The van der Waals surface area contributed by atoms with E-state index < -0.39 is 0 Å². The average molecular weight is 301 g/mol. The Morgan fingerprint density at radius 1 is 1.18 bits per heavy atom. The van der Waals surface area contributed by atoms with Crippen LogP contribution >= 0.6 is 0 Å². The van der Waals surface area contributed by atoms with E-state index in [1.807, 2.05) is 24.3 Å². The Bertz CT molecular complexity index is 645. The van der Waals surface area contributed by atoms with E-state index >= 15 is 0 Å². The molecule has 1 heterocycles. The molecule has 0 radical (unpaired) electrons. The minimum atomic E-state index is -0.268. The summed E-state index contributed by atoms with van der Waals surface area (Å²) in [6.07, 6.45) is 1.89. The van der Waals surface area contributed by atoms with Crippen LogP contribution in [0.4, 0.5) is 4.39 Å². The summed E-state index contributed by atoms with van der Waals surface area (Å²) in [6, 6.07) is 12.8. The van der Waals surface area contributed by atoms with E-state index in [2.05, 4.69) is 5.32 Å². The van der Waals surface area contributed by atoms with Crippen LogP contribution in [0.5, 0.6) is 5.75 Å². The van der Waals surface area contributed by atoms with E-state index in [9.17, 15) is 9.50 Å². The van der Waals surface area contributed by atoms with Crippen molar-refractivity contribution >= 4 is 0 Å². The van der Waals surface area contributed by atoms with Crippen molar-refractivity contribution in [3.63, 3.8) is 0 Å². The van der Waals surface area contributed by atoms with Gasteiger partial charge in [-0.15, -0.1) is 0 Å². The highest BCUT2D eigenvalue weighted by Crippen LogP contribution is 2.32. The molecule has 1 aliphatic heterocycles. The number of halogens is 1. The molecule has 0 unspecified atom stereocenters. The number of nitrogens with one attached hydrogen (secondary N) is 1. The number of hydrogen-bond acceptors (Lipinski definition) is 3. The summed E-state index contributed by atoms with van der Waals surface area (Å²) in [7, 11) is 0. The number of benzene rings is 2. The summed E-state index contributed by atoms with van der Waals surface area (Å²) >= 11 is 0. The molecular formula is C18H20FNO2. The monoisotopic (exact) mass is 301 g/mol. The molecule has 0 aliphatic carbocycles. The van der Waals surface area contributed by atoms with Crippen molar-refractivity contribution in [1.82, 2.24) is 5.32 Å². The maximum Gasteiger partial charge on any atom is 0.126 e. The van der Waals surface area contributed by atoms with Gasteiger partial charge in [-0.05, 0) is 30.0 Å². The molecular weight excluding hydrogens is 281 g/mol. The third kappa shape index (κ3) is 3.46. The van der Waals surface area contributed by atoms with Crippen molar-refractivity contribution in [2.24, 2.45) is 0 Å². The molecule has 4 heteroatoms. The number of fused-ring (bicyclic) bond motifs is 1. The van der Waals surface area contributed by atoms with Crippen LogP contribution in [-0.4, -0.2) is 11.7 Å². The Hall–Kier alpha value is -1.91. The molecule has 0 fully saturated rings. The van der Waals surface area contributed by atoms with Gasteiger partial charge in [-0.1, -0.05) is 30.3 Å². The van der Waals surface area contributed by atoms with Crippen molar-refractivity contribution in [2.45, 2.75) is 32.0 Å². The van der Waals surface area contributed by atoms with E-state index in [-0.39, 0.29) is 18.5 Å². The maximum atomic E-state index is 13.4. The lowest BCUT2D eigenvalue weighted by Gasteiger charge is -2.18. The fourth-order valence-corrected chi connectivity index (χ4v) is 2.84. The van der Waals surface area contributed by atoms with Gasteiger partial charge in [0.05, 0.1) is 13.2 Å². The Labute approximate surface area is 129 Å². The van der Waals surface area contributed by atoms with Crippen molar-refractivity contribution in [2.75, 3.05) is 6.61 Å². The van der Waals surface area contributed by atoms with Gasteiger partial charge >= 0.3 is 0 Å². The van der Waals surface area contributed by atoms with Gasteiger partial charge in [0.15, 0.2) is 0 Å². The highest BCUT2D eigenvalue weighted by atomic mass is 19.1. The van der Waals surface area contributed by atoms with Crippen molar-refractivity contribution in [3.05, 3.63) is 65.0 Å². The molecule has 0 saturated carbocycles. The molecule has 0 saturated heterocycles. The van der Waals surface area contributed by atoms with E-state index in [0.29, 0.717) is 18.9 Å². The number of hydrogen-bond donors (Lipinski definition) is 2. The van der Waals surface area contributed by atoms with Crippen molar-refractivity contribution in [1.29, 1.82) is 0 Å². The largest absolute Gasteiger partial charge is 0.493 e. The normalized spacial score (nSPS) is 17.5. The van der Waals surface area contributed by atoms with Crippen LogP contribution in [0.1, 0.15) is 35.6 Å². The van der Waals surface area contributed by atoms with Gasteiger partial charge in [0.2, 0.25) is 0 Å². The fourth-order valence-electron chi connectivity index (χ4n) is 2.84. The maximum absolute atomic E-state index is 13.4. The predicted molar refractivity (Wildman–Crippen MR) is 83.1 cm³/mol. The molecule has 1 atom stereocenters. The lowest BCUT2D eigenvalue weighted by molar-refractivity contribution is 0.281. The van der Waals surface area contributed by atoms with E-state index in [0.717, 1.165) is 29.5 Å². The van der Waals surface area contributed by atoms with Crippen LogP contribution in [-0.2, 0) is 13.2 Å². The third-order valence-corrected chi connectivity index (χ3v) is 3.97. The quantitative estimate of drug-likeness (QED) is 0.910. The zero-order valence-electron chi connectivity index (χ0n) is 12.4. The molecule has 3 rings (SSSR count). The third-order valence-electron chi connectivity index (χ3n) is 3.97. The van der Waals surface area contributed by atoms with Crippen molar-refractivity contribution < 1.29 is 14.2 Å². The molecule has 3 nitrogen and oxygen atoms in total. The Morgan fingerprint density at radius 2 is 2.05 bits per heavy atom. The fraction of sp³-hybridized carbons (Fsp3) is 0.333. The minimum absolute atomic E-state index is 0.0488. The highest BCUT2D eigenvalue weighted by molar-refractivity contribution is 5.37. The lowest BCUT2D eigenvalue weighted by atomic mass is 10.0. The van der Waals surface area contributed by atoms with Gasteiger partial charge in [0.1, 0.15) is 11.6 Å². The predicted octanol–water partition coefficient (Wildman–Crippen LogP) is 3.32. The summed E-state index contributed by atoms with van der Waals surface area (Å²) < 4.78 is 19.0. The van der Waals surface area contributed by atoms with Crippen LogP contribution < -0.4 is 10.1 Å². The first-order valence-corrected chi connectivity index (χ1v) is 7.60. The topological polar surface area (TPSA) is 41.5 Å². The molecule has 2 N–H and O–H groups in total. The van der Waals surface area contributed by atoms with E-state index in [4.69, 9.17) is 4.74 Å². The second-order valence-corrected chi connectivity index (χ2v) is 5.58. The summed E-state index contributed by atoms with van der Waals surface area (Å²) in [6.45, 7) is 1.37.